The minimum absolute atomic E-state index is 0.415. The van der Waals surface area contributed by atoms with Gasteiger partial charge < -0.3 is 18.6 Å². The summed E-state index contributed by atoms with van der Waals surface area (Å²) in [5.74, 6) is 1.02. The molecule has 0 radical (unpaired) electrons. The summed E-state index contributed by atoms with van der Waals surface area (Å²) < 4.78 is 15.5. The van der Waals surface area contributed by atoms with Crippen molar-refractivity contribution in [3.63, 3.8) is 0 Å². The van der Waals surface area contributed by atoms with Crippen LogP contribution < -0.4 is 4.74 Å². The summed E-state index contributed by atoms with van der Waals surface area (Å²) in [6, 6.07) is 31.8. The second-order valence-corrected chi connectivity index (χ2v) is 10.6. The van der Waals surface area contributed by atoms with Gasteiger partial charge in [-0.15, -0.1) is 0 Å². The fourth-order valence-corrected chi connectivity index (χ4v) is 6.23. The fourth-order valence-electron chi connectivity index (χ4n) is 6.23. The molecule has 0 aliphatic carbocycles. The first-order chi connectivity index (χ1) is 20.1. The number of aryl methyl sites for hydroxylation is 2. The molecule has 41 heavy (non-hydrogen) atoms. The Bertz CT molecular complexity index is 1930. The smallest absolute Gasteiger partial charge is 0.338 e. The zero-order valence-electron chi connectivity index (χ0n) is 23.3. The highest BCUT2D eigenvalue weighted by Gasteiger charge is 2.23. The molecule has 6 heteroatoms. The summed E-state index contributed by atoms with van der Waals surface area (Å²) in [5.41, 5.74) is 9.26. The molecule has 0 saturated heterocycles. The number of nitrogens with zero attached hydrogens (tertiary/aromatic N) is 3. The second kappa shape index (κ2) is 10.3. The molecule has 0 fully saturated rings. The first-order valence-corrected chi connectivity index (χ1v) is 14.1. The van der Waals surface area contributed by atoms with Crippen LogP contribution in [0.1, 0.15) is 34.3 Å². The summed E-state index contributed by atoms with van der Waals surface area (Å²) >= 11 is 0. The molecule has 7 rings (SSSR count). The zero-order valence-corrected chi connectivity index (χ0v) is 23.3. The molecule has 1 aliphatic rings. The largest absolute Gasteiger partial charge is 0.494 e. The normalized spacial score (nSPS) is 13.2. The van der Waals surface area contributed by atoms with Gasteiger partial charge in [-0.2, -0.15) is 0 Å². The number of fused-ring (bicyclic) bond motifs is 11. The minimum atomic E-state index is -0.417. The van der Waals surface area contributed by atoms with E-state index in [1.165, 1.54) is 34.7 Å². The van der Waals surface area contributed by atoms with Crippen molar-refractivity contribution in [2.24, 2.45) is 0 Å². The van der Waals surface area contributed by atoms with Crippen LogP contribution in [0.2, 0.25) is 0 Å². The number of hydrogen-bond donors (Lipinski definition) is 0. The predicted molar refractivity (Wildman–Crippen MR) is 162 cm³/mol. The van der Waals surface area contributed by atoms with E-state index >= 15 is 0 Å². The van der Waals surface area contributed by atoms with E-state index in [1.54, 1.807) is 19.2 Å². The lowest BCUT2D eigenvalue weighted by Gasteiger charge is -2.17. The first kappa shape index (κ1) is 25.1. The molecule has 0 amide bonds. The molecule has 0 spiro atoms. The van der Waals surface area contributed by atoms with Gasteiger partial charge in [-0.25, -0.2) is 9.78 Å². The number of para-hydroxylation sites is 1. The van der Waals surface area contributed by atoms with Gasteiger partial charge >= 0.3 is 5.97 Å². The van der Waals surface area contributed by atoms with Crippen LogP contribution in [0.5, 0.6) is 5.75 Å². The van der Waals surface area contributed by atoms with Crippen LogP contribution in [0.3, 0.4) is 0 Å². The van der Waals surface area contributed by atoms with E-state index in [1.807, 2.05) is 0 Å². The summed E-state index contributed by atoms with van der Waals surface area (Å²) in [7, 11) is 3.02. The molecule has 2 aromatic heterocycles. The van der Waals surface area contributed by atoms with Crippen molar-refractivity contribution in [3.05, 3.63) is 108 Å². The van der Waals surface area contributed by atoms with Gasteiger partial charge in [0.05, 0.1) is 31.0 Å². The second-order valence-electron chi connectivity index (χ2n) is 10.6. The lowest BCUT2D eigenvalue weighted by Crippen LogP contribution is -2.08. The van der Waals surface area contributed by atoms with Gasteiger partial charge in [-0.1, -0.05) is 60.7 Å². The maximum Gasteiger partial charge on any atom is 0.338 e. The predicted octanol–water partition coefficient (Wildman–Crippen LogP) is 7.50. The van der Waals surface area contributed by atoms with E-state index in [0.717, 1.165) is 48.4 Å². The van der Waals surface area contributed by atoms with Gasteiger partial charge in [0.1, 0.15) is 11.3 Å². The Morgan fingerprint density at radius 2 is 1.71 bits per heavy atom. The van der Waals surface area contributed by atoms with Crippen molar-refractivity contribution in [1.29, 1.82) is 0 Å². The summed E-state index contributed by atoms with van der Waals surface area (Å²) in [5, 5.41) is 1.18. The van der Waals surface area contributed by atoms with Gasteiger partial charge in [0.2, 0.25) is 0 Å². The number of carbonyl (C=O) groups is 1. The van der Waals surface area contributed by atoms with E-state index in [0.29, 0.717) is 23.4 Å². The lowest BCUT2D eigenvalue weighted by molar-refractivity contribution is 0.0600. The third-order valence-electron chi connectivity index (χ3n) is 8.16. The summed E-state index contributed by atoms with van der Waals surface area (Å²) in [6.07, 6.45) is 3.15. The molecule has 0 unspecified atom stereocenters. The molecule has 0 saturated carbocycles. The SMILES string of the molecule is COC(=O)c1cc(OC)c2c(c1)nc1n2Cc2cccc(c2)-c2ccccc2CCCCn2c-1cc1ccccc12. The third-order valence-corrected chi connectivity index (χ3v) is 8.16. The standard InChI is InChI=1S/C35H31N3O3/c1-40-32-21-27(35(39)41-2)19-29-33(32)38-22-23-10-9-14-25(18-23)28-15-5-3-11-24(28)12-7-8-17-37-30-16-6-4-13-26(30)20-31(37)34(38)36-29/h3-6,9-11,13-16,18-21H,7-8,12,17,22H2,1-2H3. The number of hydrogen-bond acceptors (Lipinski definition) is 4. The molecule has 6 aromatic rings. The van der Waals surface area contributed by atoms with Crippen LogP contribution in [0, 0.1) is 0 Å². The number of carbonyl (C=O) groups excluding carboxylic acids is 1. The van der Waals surface area contributed by atoms with Crippen LogP contribution >= 0.6 is 0 Å². The van der Waals surface area contributed by atoms with Crippen molar-refractivity contribution >= 4 is 27.9 Å². The van der Waals surface area contributed by atoms with Crippen LogP contribution in [-0.2, 0) is 24.2 Å². The lowest BCUT2D eigenvalue weighted by atomic mass is 9.95. The number of aromatic nitrogens is 3. The molecular weight excluding hydrogens is 510 g/mol. The topological polar surface area (TPSA) is 58.3 Å². The molecule has 204 valence electrons. The van der Waals surface area contributed by atoms with Crippen LogP contribution in [0.25, 0.3) is 44.6 Å². The number of imidazole rings is 1. The Labute approximate surface area is 238 Å². The number of ether oxygens (including phenoxy) is 2. The van der Waals surface area contributed by atoms with Crippen molar-refractivity contribution in [3.8, 4) is 28.4 Å². The van der Waals surface area contributed by atoms with Gasteiger partial charge in [-0.05, 0) is 71.8 Å². The Morgan fingerprint density at radius 1 is 0.854 bits per heavy atom. The van der Waals surface area contributed by atoms with Crippen molar-refractivity contribution in [2.75, 3.05) is 14.2 Å². The van der Waals surface area contributed by atoms with E-state index in [2.05, 4.69) is 88.0 Å². The number of methoxy groups -OCH3 is 2. The van der Waals surface area contributed by atoms with Crippen LogP contribution in [0.4, 0.5) is 0 Å². The molecule has 3 heterocycles. The van der Waals surface area contributed by atoms with Gasteiger partial charge in [0, 0.05) is 24.0 Å². The Kier molecular flexibility index (Phi) is 6.31. The van der Waals surface area contributed by atoms with Crippen molar-refractivity contribution in [2.45, 2.75) is 32.4 Å². The first-order valence-electron chi connectivity index (χ1n) is 14.1. The minimum Gasteiger partial charge on any atom is -0.494 e. The number of rotatable bonds is 2. The monoisotopic (exact) mass is 541 g/mol. The average molecular weight is 542 g/mol. The molecule has 0 atom stereocenters. The van der Waals surface area contributed by atoms with E-state index in [9.17, 15) is 4.79 Å². The maximum atomic E-state index is 12.5. The maximum absolute atomic E-state index is 12.5. The Hall–Kier alpha value is -4.84. The third kappa shape index (κ3) is 4.36. The zero-order chi connectivity index (χ0) is 27.9. The molecule has 4 aromatic carbocycles. The Balaban J connectivity index is 1.52. The highest BCUT2D eigenvalue weighted by Crippen LogP contribution is 2.37. The highest BCUT2D eigenvalue weighted by molar-refractivity contribution is 5.97. The van der Waals surface area contributed by atoms with Gasteiger partial charge in [0.25, 0.3) is 0 Å². The summed E-state index contributed by atoms with van der Waals surface area (Å²) in [4.78, 5) is 17.7. The molecule has 6 nitrogen and oxygen atoms in total. The molecular formula is C35H31N3O3. The van der Waals surface area contributed by atoms with Crippen LogP contribution in [0.15, 0.2) is 91.0 Å². The van der Waals surface area contributed by atoms with Gasteiger partial charge in [0.15, 0.2) is 5.82 Å². The van der Waals surface area contributed by atoms with E-state index in [4.69, 9.17) is 14.5 Å². The van der Waals surface area contributed by atoms with E-state index < -0.39 is 5.97 Å². The Morgan fingerprint density at radius 3 is 2.59 bits per heavy atom. The molecule has 1 aliphatic heterocycles. The highest BCUT2D eigenvalue weighted by atomic mass is 16.5. The fraction of sp³-hybridized carbons (Fsp3) is 0.200. The van der Waals surface area contributed by atoms with Crippen LogP contribution in [-0.4, -0.2) is 34.3 Å². The quantitative estimate of drug-likeness (QED) is 0.213. The molecule has 0 N–H and O–H groups in total. The van der Waals surface area contributed by atoms with Gasteiger partial charge in [-0.3, -0.25) is 0 Å². The summed E-state index contributed by atoms with van der Waals surface area (Å²) in [6.45, 7) is 1.47. The van der Waals surface area contributed by atoms with Crippen molar-refractivity contribution < 1.29 is 14.3 Å². The van der Waals surface area contributed by atoms with E-state index in [-0.39, 0.29) is 0 Å². The number of benzene rings is 4. The average Bonchev–Trinajstić information content (AvgIpc) is 3.56. The number of esters is 1. The van der Waals surface area contributed by atoms with Crippen molar-refractivity contribution in [1.82, 2.24) is 14.1 Å². The molecule has 2 bridgehead atoms.